The molecule has 0 aromatic rings. The zero-order valence-corrected chi connectivity index (χ0v) is 16.6. The van der Waals surface area contributed by atoms with Crippen LogP contribution in [-0.4, -0.2) is 34.0 Å². The van der Waals surface area contributed by atoms with Gasteiger partial charge in [-0.1, -0.05) is 43.6 Å². The number of fused-ring (bicyclic) bond motifs is 1. The van der Waals surface area contributed by atoms with E-state index in [1.165, 1.54) is 18.4 Å². The number of rotatable bonds is 9. The van der Waals surface area contributed by atoms with Crippen molar-refractivity contribution in [1.29, 1.82) is 0 Å². The van der Waals surface area contributed by atoms with Crippen molar-refractivity contribution in [2.45, 2.75) is 70.8 Å². The molecule has 3 rings (SSSR count). The zero-order valence-electron chi connectivity index (χ0n) is 16.6. The van der Waals surface area contributed by atoms with Crippen LogP contribution in [0.15, 0.2) is 23.8 Å². The largest absolute Gasteiger partial charge is 0.481 e. The topological polar surface area (TPSA) is 77.8 Å². The first-order chi connectivity index (χ1) is 13.0. The normalized spacial score (nSPS) is 38.3. The Morgan fingerprint density at radius 3 is 2.74 bits per heavy atom. The van der Waals surface area contributed by atoms with Crippen LogP contribution in [0.5, 0.6) is 0 Å². The van der Waals surface area contributed by atoms with Crippen molar-refractivity contribution >= 4 is 5.97 Å². The van der Waals surface area contributed by atoms with Gasteiger partial charge in [-0.3, -0.25) is 4.79 Å². The lowest BCUT2D eigenvalue weighted by molar-refractivity contribution is -0.146. The molecule has 27 heavy (non-hydrogen) atoms. The molecular formula is C23H36O4. The van der Waals surface area contributed by atoms with E-state index >= 15 is 0 Å². The first kappa shape index (κ1) is 20.6. The summed E-state index contributed by atoms with van der Waals surface area (Å²) in [7, 11) is 0. The number of hydrogen-bond donors (Lipinski definition) is 3. The highest BCUT2D eigenvalue weighted by molar-refractivity contribution is 5.70. The maximum Gasteiger partial charge on any atom is 0.306 e. The Bertz CT molecular complexity index is 567. The first-order valence-corrected chi connectivity index (χ1v) is 10.9. The van der Waals surface area contributed by atoms with Gasteiger partial charge in [-0.2, -0.15) is 0 Å². The third kappa shape index (κ3) is 4.65. The van der Waals surface area contributed by atoms with Crippen LogP contribution in [0, 0.1) is 35.5 Å². The predicted molar refractivity (Wildman–Crippen MR) is 106 cm³/mol. The number of carboxylic acid groups (broad SMARTS) is 1. The third-order valence-electron chi connectivity index (χ3n) is 7.45. The van der Waals surface area contributed by atoms with Gasteiger partial charge in [-0.25, -0.2) is 0 Å². The smallest absolute Gasteiger partial charge is 0.306 e. The molecule has 0 saturated heterocycles. The van der Waals surface area contributed by atoms with Crippen LogP contribution in [-0.2, 0) is 4.79 Å². The van der Waals surface area contributed by atoms with Crippen molar-refractivity contribution in [3.63, 3.8) is 0 Å². The minimum atomic E-state index is -0.611. The van der Waals surface area contributed by atoms with Crippen LogP contribution in [0.25, 0.3) is 0 Å². The molecule has 152 valence electrons. The van der Waals surface area contributed by atoms with Gasteiger partial charge in [0.05, 0.1) is 18.6 Å². The number of carbonyl (C=O) groups is 1. The van der Waals surface area contributed by atoms with Crippen LogP contribution in [0.1, 0.15) is 64.7 Å². The molecule has 0 radical (unpaired) electrons. The van der Waals surface area contributed by atoms with E-state index in [0.29, 0.717) is 23.7 Å². The molecule has 3 fully saturated rings. The minimum absolute atomic E-state index is 0.0278. The Kier molecular flexibility index (Phi) is 7.16. The second-order valence-electron chi connectivity index (χ2n) is 9.00. The summed E-state index contributed by atoms with van der Waals surface area (Å²) in [4.78, 5) is 11.8. The summed E-state index contributed by atoms with van der Waals surface area (Å²) in [6.07, 6.45) is 14.9. The molecular weight excluding hydrogens is 340 g/mol. The van der Waals surface area contributed by atoms with E-state index in [2.05, 4.69) is 13.0 Å². The molecule has 3 N–H and O–H groups in total. The number of hydrogen-bond acceptors (Lipinski definition) is 3. The monoisotopic (exact) mass is 376 g/mol. The molecule has 7 atom stereocenters. The predicted octanol–water partition coefficient (Wildman–Crippen LogP) is 4.18. The van der Waals surface area contributed by atoms with Crippen LogP contribution in [0.2, 0.25) is 0 Å². The Hall–Kier alpha value is -1.13. The molecule has 3 aliphatic rings. The molecule has 3 saturated carbocycles. The van der Waals surface area contributed by atoms with Crippen molar-refractivity contribution in [2.75, 3.05) is 6.61 Å². The summed E-state index contributed by atoms with van der Waals surface area (Å²) < 4.78 is 0. The molecule has 0 aromatic carbocycles. The minimum Gasteiger partial charge on any atom is -0.481 e. The Morgan fingerprint density at radius 2 is 2.11 bits per heavy atom. The molecule has 0 amide bonds. The summed E-state index contributed by atoms with van der Waals surface area (Å²) >= 11 is 0. The molecule has 4 heteroatoms. The fraction of sp³-hybridized carbons (Fsp3) is 0.783. The van der Waals surface area contributed by atoms with E-state index in [9.17, 15) is 15.0 Å². The third-order valence-corrected chi connectivity index (χ3v) is 7.45. The Labute approximate surface area is 163 Å². The van der Waals surface area contributed by atoms with Crippen molar-refractivity contribution in [3.05, 3.63) is 23.8 Å². The number of allylic oxidation sites excluding steroid dienone is 2. The van der Waals surface area contributed by atoms with Crippen LogP contribution in [0.4, 0.5) is 0 Å². The lowest BCUT2D eigenvalue weighted by Gasteiger charge is -2.40. The summed E-state index contributed by atoms with van der Waals surface area (Å²) in [5.74, 6) is 1.38. The van der Waals surface area contributed by atoms with Crippen LogP contribution >= 0.6 is 0 Å². The number of aliphatic carboxylic acids is 1. The SMILES string of the molecule is CCCC1CCC1C(CCC=C1C[C@@H]2C[C@@H](O)[C@H](C=CCO)[C@H]2C1)C(=O)O. The number of aliphatic hydroxyl groups excluding tert-OH is 2. The average Bonchev–Trinajstić information content (AvgIpc) is 3.12. The summed E-state index contributed by atoms with van der Waals surface area (Å²) in [5.41, 5.74) is 1.45. The molecule has 0 aliphatic heterocycles. The highest BCUT2D eigenvalue weighted by Gasteiger charge is 2.45. The van der Waals surface area contributed by atoms with E-state index in [4.69, 9.17) is 5.11 Å². The standard InChI is InChI=1S/C23H36O4/c1-2-5-16-9-10-18(16)20(23(26)27)7-3-6-15-12-17-14-22(25)19(8-4-11-24)21(17)13-15/h4,6,8,16-22,24-25H,2-3,5,7,9-14H2,1H3,(H,26,27)/t16?,17-,18?,19-,20?,21+,22-/m1/s1. The summed E-state index contributed by atoms with van der Waals surface area (Å²) in [6, 6.07) is 0. The Morgan fingerprint density at radius 1 is 1.30 bits per heavy atom. The number of carboxylic acids is 1. The van der Waals surface area contributed by atoms with Gasteiger partial charge in [0.1, 0.15) is 0 Å². The molecule has 3 aliphatic carbocycles. The Balaban J connectivity index is 1.53. The molecule has 0 heterocycles. The highest BCUT2D eigenvalue weighted by Crippen LogP contribution is 2.50. The van der Waals surface area contributed by atoms with Gasteiger partial charge in [0.15, 0.2) is 0 Å². The van der Waals surface area contributed by atoms with Crippen molar-refractivity contribution < 1.29 is 20.1 Å². The van der Waals surface area contributed by atoms with Gasteiger partial charge < -0.3 is 15.3 Å². The second-order valence-corrected chi connectivity index (χ2v) is 9.00. The van der Waals surface area contributed by atoms with Crippen molar-refractivity contribution in [3.8, 4) is 0 Å². The van der Waals surface area contributed by atoms with E-state index in [1.54, 1.807) is 6.08 Å². The second kappa shape index (κ2) is 9.38. The van der Waals surface area contributed by atoms with Crippen molar-refractivity contribution in [2.24, 2.45) is 35.5 Å². The molecule has 4 nitrogen and oxygen atoms in total. The molecule has 3 unspecified atom stereocenters. The lowest BCUT2D eigenvalue weighted by atomic mass is 9.64. The van der Waals surface area contributed by atoms with Crippen LogP contribution in [0.3, 0.4) is 0 Å². The van der Waals surface area contributed by atoms with Gasteiger partial charge in [0.25, 0.3) is 0 Å². The maximum absolute atomic E-state index is 11.8. The average molecular weight is 377 g/mol. The van der Waals surface area contributed by atoms with E-state index in [1.807, 2.05) is 6.08 Å². The quantitative estimate of drug-likeness (QED) is 0.528. The lowest BCUT2D eigenvalue weighted by Crippen LogP contribution is -2.36. The van der Waals surface area contributed by atoms with E-state index < -0.39 is 5.97 Å². The van der Waals surface area contributed by atoms with E-state index in [0.717, 1.165) is 44.9 Å². The first-order valence-electron chi connectivity index (χ1n) is 10.9. The fourth-order valence-electron chi connectivity index (χ4n) is 6.00. The fourth-order valence-corrected chi connectivity index (χ4v) is 6.00. The summed E-state index contributed by atoms with van der Waals surface area (Å²) in [6.45, 7) is 2.21. The van der Waals surface area contributed by atoms with Gasteiger partial charge in [-0.05, 0) is 68.6 Å². The van der Waals surface area contributed by atoms with E-state index in [-0.39, 0.29) is 24.5 Å². The summed E-state index contributed by atoms with van der Waals surface area (Å²) in [5, 5.41) is 29.0. The van der Waals surface area contributed by atoms with Gasteiger partial charge in [0, 0.05) is 5.92 Å². The maximum atomic E-state index is 11.8. The zero-order chi connectivity index (χ0) is 19.4. The molecule has 0 spiro atoms. The highest BCUT2D eigenvalue weighted by atomic mass is 16.4. The van der Waals surface area contributed by atoms with Crippen molar-refractivity contribution in [1.82, 2.24) is 0 Å². The van der Waals surface area contributed by atoms with Gasteiger partial charge in [-0.15, -0.1) is 0 Å². The molecule has 0 aromatic heterocycles. The van der Waals surface area contributed by atoms with Gasteiger partial charge >= 0.3 is 5.97 Å². The van der Waals surface area contributed by atoms with Crippen LogP contribution < -0.4 is 0 Å². The molecule has 0 bridgehead atoms. The number of aliphatic hydroxyl groups is 2. The van der Waals surface area contributed by atoms with Gasteiger partial charge in [0.2, 0.25) is 0 Å².